The first-order valence-corrected chi connectivity index (χ1v) is 5.62. The van der Waals surface area contributed by atoms with Gasteiger partial charge in [-0.15, -0.1) is 0 Å². The van der Waals surface area contributed by atoms with Gasteiger partial charge in [-0.2, -0.15) is 0 Å². The van der Waals surface area contributed by atoms with Crippen LogP contribution in [0, 0.1) is 5.92 Å². The molecule has 1 aliphatic carbocycles. The molecule has 0 bridgehead atoms. The van der Waals surface area contributed by atoms with Gasteiger partial charge in [0.15, 0.2) is 0 Å². The molecule has 0 aromatic carbocycles. The summed E-state index contributed by atoms with van der Waals surface area (Å²) in [6.07, 6.45) is 4.01. The summed E-state index contributed by atoms with van der Waals surface area (Å²) < 4.78 is 0. The number of anilines is 1. The van der Waals surface area contributed by atoms with Crippen LogP contribution in [0.4, 0.5) is 5.82 Å². The number of nitrogens with zero attached hydrogens (tertiary/aromatic N) is 2. The van der Waals surface area contributed by atoms with E-state index in [2.05, 4.69) is 9.88 Å². The summed E-state index contributed by atoms with van der Waals surface area (Å²) in [5.74, 6) is 1.56. The Kier molecular flexibility index (Phi) is 3.12. The normalized spacial score (nSPS) is 24.7. The maximum absolute atomic E-state index is 6.06. The molecule has 0 spiro atoms. The Morgan fingerprint density at radius 3 is 2.93 bits per heavy atom. The van der Waals surface area contributed by atoms with Crippen LogP contribution in [-0.2, 0) is 0 Å². The van der Waals surface area contributed by atoms with E-state index in [1.165, 1.54) is 0 Å². The fourth-order valence-corrected chi connectivity index (χ4v) is 2.33. The lowest BCUT2D eigenvalue weighted by atomic mass is 9.80. The van der Waals surface area contributed by atoms with Gasteiger partial charge in [0.05, 0.1) is 5.02 Å². The van der Waals surface area contributed by atoms with Gasteiger partial charge < -0.3 is 10.6 Å². The zero-order chi connectivity index (χ0) is 10.8. The SMILES string of the molecule is CN(CC1CC(N)C1)c1ncccc1Cl. The third-order valence-corrected chi connectivity index (χ3v) is 3.20. The zero-order valence-electron chi connectivity index (χ0n) is 8.86. The summed E-state index contributed by atoms with van der Waals surface area (Å²) in [6, 6.07) is 4.12. The lowest BCUT2D eigenvalue weighted by molar-refractivity contribution is 0.270. The summed E-state index contributed by atoms with van der Waals surface area (Å²) in [4.78, 5) is 6.38. The standard InChI is InChI=1S/C11H16ClN3/c1-15(7-8-5-9(13)6-8)11-10(12)3-2-4-14-11/h2-4,8-9H,5-7,13H2,1H3. The number of halogens is 1. The van der Waals surface area contributed by atoms with E-state index in [9.17, 15) is 0 Å². The van der Waals surface area contributed by atoms with Crippen molar-refractivity contribution in [3.63, 3.8) is 0 Å². The third-order valence-electron chi connectivity index (χ3n) is 2.90. The molecule has 2 N–H and O–H groups in total. The Morgan fingerprint density at radius 1 is 1.60 bits per heavy atom. The Morgan fingerprint density at radius 2 is 2.33 bits per heavy atom. The summed E-state index contributed by atoms with van der Waals surface area (Å²) >= 11 is 6.06. The van der Waals surface area contributed by atoms with Gasteiger partial charge in [0.25, 0.3) is 0 Å². The Labute approximate surface area is 95.2 Å². The monoisotopic (exact) mass is 225 g/mol. The zero-order valence-corrected chi connectivity index (χ0v) is 9.61. The first-order chi connectivity index (χ1) is 7.16. The Bertz CT molecular complexity index is 336. The largest absolute Gasteiger partial charge is 0.358 e. The van der Waals surface area contributed by atoms with E-state index >= 15 is 0 Å². The van der Waals surface area contributed by atoms with Crippen LogP contribution in [0.15, 0.2) is 18.3 Å². The Hall–Kier alpha value is -0.800. The maximum atomic E-state index is 6.06. The highest BCUT2D eigenvalue weighted by Crippen LogP contribution is 2.29. The molecular formula is C11H16ClN3. The molecule has 0 unspecified atom stereocenters. The first-order valence-electron chi connectivity index (χ1n) is 5.24. The second-order valence-electron chi connectivity index (χ2n) is 4.29. The molecule has 0 aliphatic heterocycles. The van der Waals surface area contributed by atoms with E-state index in [1.54, 1.807) is 6.20 Å². The van der Waals surface area contributed by atoms with Crippen molar-refractivity contribution in [2.45, 2.75) is 18.9 Å². The lowest BCUT2D eigenvalue weighted by Crippen LogP contribution is -2.42. The number of hydrogen-bond donors (Lipinski definition) is 1. The smallest absolute Gasteiger partial charge is 0.147 e. The molecule has 0 atom stereocenters. The van der Waals surface area contributed by atoms with Gasteiger partial charge in [-0.3, -0.25) is 0 Å². The van der Waals surface area contributed by atoms with Crippen molar-refractivity contribution in [3.8, 4) is 0 Å². The van der Waals surface area contributed by atoms with E-state index in [1.807, 2.05) is 19.2 Å². The van der Waals surface area contributed by atoms with E-state index in [0.29, 0.717) is 17.0 Å². The molecule has 3 nitrogen and oxygen atoms in total. The fourth-order valence-electron chi connectivity index (χ4n) is 2.07. The van der Waals surface area contributed by atoms with Crippen LogP contribution < -0.4 is 10.6 Å². The molecular weight excluding hydrogens is 210 g/mol. The molecule has 15 heavy (non-hydrogen) atoms. The van der Waals surface area contributed by atoms with E-state index < -0.39 is 0 Å². The van der Waals surface area contributed by atoms with Crippen LogP contribution in [0.2, 0.25) is 5.02 Å². The van der Waals surface area contributed by atoms with Gasteiger partial charge in [-0.1, -0.05) is 11.6 Å². The van der Waals surface area contributed by atoms with Crippen molar-refractivity contribution < 1.29 is 0 Å². The minimum Gasteiger partial charge on any atom is -0.358 e. The van der Waals surface area contributed by atoms with Crippen LogP contribution in [-0.4, -0.2) is 24.6 Å². The molecule has 1 aliphatic rings. The van der Waals surface area contributed by atoms with Crippen LogP contribution in [0.1, 0.15) is 12.8 Å². The van der Waals surface area contributed by atoms with Gasteiger partial charge in [0.1, 0.15) is 5.82 Å². The highest BCUT2D eigenvalue weighted by Gasteiger charge is 2.27. The molecule has 82 valence electrons. The number of hydrogen-bond acceptors (Lipinski definition) is 3. The minimum absolute atomic E-state index is 0.405. The summed E-state index contributed by atoms with van der Waals surface area (Å²) in [5.41, 5.74) is 5.75. The van der Waals surface area contributed by atoms with Crippen molar-refractivity contribution in [1.82, 2.24) is 4.98 Å². The molecule has 1 saturated carbocycles. The quantitative estimate of drug-likeness (QED) is 0.855. The van der Waals surface area contributed by atoms with E-state index in [0.717, 1.165) is 25.2 Å². The second-order valence-corrected chi connectivity index (χ2v) is 4.69. The third kappa shape index (κ3) is 2.41. The van der Waals surface area contributed by atoms with Crippen molar-refractivity contribution in [2.75, 3.05) is 18.5 Å². The van der Waals surface area contributed by atoms with Gasteiger partial charge in [0.2, 0.25) is 0 Å². The van der Waals surface area contributed by atoms with Crippen LogP contribution in [0.3, 0.4) is 0 Å². The lowest BCUT2D eigenvalue weighted by Gasteiger charge is -2.35. The molecule has 1 aromatic heterocycles. The van der Waals surface area contributed by atoms with E-state index in [-0.39, 0.29) is 0 Å². The van der Waals surface area contributed by atoms with Crippen molar-refractivity contribution in [1.29, 1.82) is 0 Å². The molecule has 0 saturated heterocycles. The number of nitrogens with two attached hydrogens (primary N) is 1. The summed E-state index contributed by atoms with van der Waals surface area (Å²) in [5, 5.41) is 0.712. The van der Waals surface area contributed by atoms with Gasteiger partial charge in [-0.25, -0.2) is 4.98 Å². The van der Waals surface area contributed by atoms with Crippen LogP contribution in [0.5, 0.6) is 0 Å². The van der Waals surface area contributed by atoms with Gasteiger partial charge in [0, 0.05) is 25.8 Å². The predicted octanol–water partition coefficient (Wildman–Crippen LogP) is 1.91. The van der Waals surface area contributed by atoms with E-state index in [4.69, 9.17) is 17.3 Å². The molecule has 0 amide bonds. The summed E-state index contributed by atoms with van der Waals surface area (Å²) in [7, 11) is 2.03. The first kappa shape index (κ1) is 10.7. The molecule has 2 rings (SSSR count). The van der Waals surface area contributed by atoms with Crippen LogP contribution >= 0.6 is 11.6 Å². The molecule has 0 radical (unpaired) electrons. The molecule has 1 aromatic rings. The molecule has 4 heteroatoms. The van der Waals surface area contributed by atoms with Crippen molar-refractivity contribution >= 4 is 17.4 Å². The fraction of sp³-hybridized carbons (Fsp3) is 0.545. The molecule has 1 heterocycles. The van der Waals surface area contributed by atoms with Crippen molar-refractivity contribution in [3.05, 3.63) is 23.4 Å². The average molecular weight is 226 g/mol. The van der Waals surface area contributed by atoms with Crippen LogP contribution in [0.25, 0.3) is 0 Å². The summed E-state index contributed by atoms with van der Waals surface area (Å²) in [6.45, 7) is 0.991. The topological polar surface area (TPSA) is 42.1 Å². The highest BCUT2D eigenvalue weighted by atomic mass is 35.5. The number of rotatable bonds is 3. The highest BCUT2D eigenvalue weighted by molar-refractivity contribution is 6.32. The maximum Gasteiger partial charge on any atom is 0.147 e. The Balaban J connectivity index is 1.96. The molecule has 1 fully saturated rings. The predicted molar refractivity (Wildman–Crippen MR) is 63.2 cm³/mol. The second kappa shape index (κ2) is 4.37. The van der Waals surface area contributed by atoms with Gasteiger partial charge >= 0.3 is 0 Å². The van der Waals surface area contributed by atoms with Crippen molar-refractivity contribution in [2.24, 2.45) is 11.7 Å². The number of pyridine rings is 1. The van der Waals surface area contributed by atoms with Gasteiger partial charge in [-0.05, 0) is 30.9 Å². The number of aromatic nitrogens is 1. The average Bonchev–Trinajstić information content (AvgIpc) is 2.16. The minimum atomic E-state index is 0.405.